The molecular weight excluding hydrogens is 377 g/mol. The van der Waals surface area contributed by atoms with Gasteiger partial charge < -0.3 is 4.74 Å². The molecule has 2 aliphatic rings. The van der Waals surface area contributed by atoms with E-state index in [1.165, 1.54) is 0 Å². The summed E-state index contributed by atoms with van der Waals surface area (Å²) in [5.41, 5.74) is 4.42. The molecule has 1 heterocycles. The highest BCUT2D eigenvalue weighted by molar-refractivity contribution is 7.86. The zero-order valence-corrected chi connectivity index (χ0v) is 14.7. The molecule has 0 saturated heterocycles. The fourth-order valence-electron chi connectivity index (χ4n) is 3.54. The van der Waals surface area contributed by atoms with Crippen LogP contribution in [0.2, 0.25) is 0 Å². The Labute approximate surface area is 155 Å². The lowest BCUT2D eigenvalue weighted by Crippen LogP contribution is -2.32. The molecule has 2 aromatic rings. The summed E-state index contributed by atoms with van der Waals surface area (Å²) in [4.78, 5) is 11.7. The Bertz CT molecular complexity index is 1040. The van der Waals surface area contributed by atoms with E-state index in [-0.39, 0.29) is 0 Å². The molecule has 4 rings (SSSR count). The molecular formula is C20H13F3O3S. The lowest BCUT2D eigenvalue weighted by Gasteiger charge is -2.27. The summed E-state index contributed by atoms with van der Waals surface area (Å²) in [7, 11) is -1.67. The van der Waals surface area contributed by atoms with E-state index in [1.807, 2.05) is 24.3 Å². The Hall–Kier alpha value is -2.67. The first kappa shape index (κ1) is 17.7. The third kappa shape index (κ3) is 2.73. The third-order valence-corrected chi connectivity index (χ3v) is 6.34. The van der Waals surface area contributed by atoms with Crippen LogP contribution in [0.4, 0.5) is 13.2 Å². The second-order valence-electron chi connectivity index (χ2n) is 6.19. The second-order valence-corrected chi connectivity index (χ2v) is 7.79. The number of hydrogen-bond donors (Lipinski definition) is 0. The molecule has 0 radical (unpaired) electrons. The van der Waals surface area contributed by atoms with Gasteiger partial charge in [-0.25, -0.2) is 4.79 Å². The zero-order chi connectivity index (χ0) is 19.3. The van der Waals surface area contributed by atoms with E-state index in [2.05, 4.69) is 11.3 Å². The van der Waals surface area contributed by atoms with Gasteiger partial charge in [0.15, 0.2) is 0 Å². The monoisotopic (exact) mass is 390 g/mol. The maximum atomic E-state index is 13.1. The predicted octanol–water partition coefficient (Wildman–Crippen LogP) is 4.22. The van der Waals surface area contributed by atoms with Gasteiger partial charge in [0.25, 0.3) is 0 Å². The van der Waals surface area contributed by atoms with Gasteiger partial charge in [0.1, 0.15) is 6.61 Å². The molecule has 0 N–H and O–H groups in total. The molecule has 3 nitrogen and oxygen atoms in total. The first-order chi connectivity index (χ1) is 12.8. The smallest absolute Gasteiger partial charge is 0.457 e. The lowest BCUT2D eigenvalue weighted by molar-refractivity contribution is -0.199. The number of ether oxygens (including phenoxy) is 1. The van der Waals surface area contributed by atoms with Crippen LogP contribution in [0.15, 0.2) is 60.0 Å². The highest BCUT2D eigenvalue weighted by Crippen LogP contribution is 2.52. The SMILES string of the molecule is C=C1C2=C(c3ccccc31)C(COC(=O)C(F)(F)F)S(=O)c1ccccc12. The van der Waals surface area contributed by atoms with Crippen molar-refractivity contribution in [1.82, 2.24) is 0 Å². The van der Waals surface area contributed by atoms with Crippen molar-refractivity contribution >= 4 is 33.5 Å². The van der Waals surface area contributed by atoms with E-state index in [0.29, 0.717) is 10.5 Å². The summed E-state index contributed by atoms with van der Waals surface area (Å²) in [6.07, 6.45) is -5.09. The summed E-state index contributed by atoms with van der Waals surface area (Å²) >= 11 is 0. The minimum atomic E-state index is -5.09. The Morgan fingerprint density at radius 1 is 1.04 bits per heavy atom. The predicted molar refractivity (Wildman–Crippen MR) is 95.9 cm³/mol. The number of benzene rings is 2. The average molecular weight is 390 g/mol. The van der Waals surface area contributed by atoms with Crippen LogP contribution >= 0.6 is 0 Å². The standard InChI is InChI=1S/C20H13F3O3S/c1-11-12-6-2-3-7-13(12)18-16(10-26-19(24)20(21,22)23)27(25)15-9-5-4-8-14(15)17(11)18/h2-9,16H,1,10H2. The topological polar surface area (TPSA) is 43.4 Å². The summed E-state index contributed by atoms with van der Waals surface area (Å²) in [5.74, 6) is -2.29. The van der Waals surface area contributed by atoms with Crippen LogP contribution in [0, 0.1) is 0 Å². The summed E-state index contributed by atoms with van der Waals surface area (Å²) < 4.78 is 55.2. The van der Waals surface area contributed by atoms with Gasteiger partial charge in [-0.2, -0.15) is 13.2 Å². The van der Waals surface area contributed by atoms with Gasteiger partial charge in [-0.05, 0) is 39.5 Å². The van der Waals surface area contributed by atoms with Crippen LogP contribution in [0.1, 0.15) is 16.7 Å². The summed E-state index contributed by atoms with van der Waals surface area (Å²) in [6, 6.07) is 14.3. The maximum absolute atomic E-state index is 13.1. The number of allylic oxidation sites excluding steroid dienone is 2. The fourth-order valence-corrected chi connectivity index (χ4v) is 5.10. The molecule has 0 bridgehead atoms. The van der Waals surface area contributed by atoms with E-state index in [9.17, 15) is 22.2 Å². The Morgan fingerprint density at radius 3 is 2.30 bits per heavy atom. The molecule has 27 heavy (non-hydrogen) atoms. The van der Waals surface area contributed by atoms with Crippen molar-refractivity contribution in [3.63, 3.8) is 0 Å². The molecule has 0 aromatic heterocycles. The minimum absolute atomic E-state index is 0.498. The molecule has 0 amide bonds. The van der Waals surface area contributed by atoms with E-state index < -0.39 is 34.8 Å². The van der Waals surface area contributed by atoms with Crippen LogP contribution in [-0.4, -0.2) is 28.2 Å². The second kappa shape index (κ2) is 6.20. The molecule has 138 valence electrons. The van der Waals surface area contributed by atoms with Crippen molar-refractivity contribution in [3.05, 3.63) is 71.8 Å². The van der Waals surface area contributed by atoms with Crippen LogP contribution in [-0.2, 0) is 20.3 Å². The van der Waals surface area contributed by atoms with Gasteiger partial charge in [0, 0.05) is 4.90 Å². The normalized spacial score (nSPS) is 20.8. The van der Waals surface area contributed by atoms with Crippen molar-refractivity contribution in [3.8, 4) is 0 Å². The molecule has 2 aromatic carbocycles. The van der Waals surface area contributed by atoms with Crippen molar-refractivity contribution in [1.29, 1.82) is 0 Å². The number of halogens is 3. The van der Waals surface area contributed by atoms with Gasteiger partial charge in [0.05, 0.1) is 16.0 Å². The Balaban J connectivity index is 1.84. The number of rotatable bonds is 2. The maximum Gasteiger partial charge on any atom is 0.490 e. The molecule has 1 aliphatic carbocycles. The van der Waals surface area contributed by atoms with Crippen molar-refractivity contribution < 1.29 is 26.9 Å². The molecule has 1 aliphatic heterocycles. The fraction of sp³-hybridized carbons (Fsp3) is 0.150. The van der Waals surface area contributed by atoms with Crippen LogP contribution < -0.4 is 0 Å². The van der Waals surface area contributed by atoms with E-state index >= 15 is 0 Å². The van der Waals surface area contributed by atoms with Gasteiger partial charge in [-0.15, -0.1) is 0 Å². The van der Waals surface area contributed by atoms with Gasteiger partial charge in [0.2, 0.25) is 0 Å². The molecule has 0 fully saturated rings. The van der Waals surface area contributed by atoms with E-state index in [0.717, 1.165) is 27.8 Å². The molecule has 7 heteroatoms. The third-order valence-electron chi connectivity index (χ3n) is 4.66. The number of carbonyl (C=O) groups excluding carboxylic acids is 1. The van der Waals surface area contributed by atoms with Crippen LogP contribution in [0.25, 0.3) is 16.7 Å². The lowest BCUT2D eigenvalue weighted by atomic mass is 9.95. The molecule has 2 atom stereocenters. The number of fused-ring (bicyclic) bond motifs is 4. The van der Waals surface area contributed by atoms with Gasteiger partial charge in [-0.3, -0.25) is 4.21 Å². The summed E-state index contributed by atoms with van der Waals surface area (Å²) in [5, 5.41) is -0.901. The number of carbonyl (C=O) groups is 1. The Kier molecular flexibility index (Phi) is 4.07. The molecule has 0 saturated carbocycles. The van der Waals surface area contributed by atoms with Crippen LogP contribution in [0.3, 0.4) is 0 Å². The van der Waals surface area contributed by atoms with Crippen molar-refractivity contribution in [2.75, 3.05) is 6.61 Å². The van der Waals surface area contributed by atoms with Gasteiger partial charge in [-0.1, -0.05) is 49.0 Å². The average Bonchev–Trinajstić information content (AvgIpc) is 2.94. The number of alkyl halides is 3. The minimum Gasteiger partial charge on any atom is -0.457 e. The zero-order valence-electron chi connectivity index (χ0n) is 13.9. The largest absolute Gasteiger partial charge is 0.490 e. The molecule has 2 unspecified atom stereocenters. The van der Waals surface area contributed by atoms with Crippen LogP contribution in [0.5, 0.6) is 0 Å². The van der Waals surface area contributed by atoms with Gasteiger partial charge >= 0.3 is 12.1 Å². The number of esters is 1. The quantitative estimate of drug-likeness (QED) is 0.722. The number of hydrogen-bond acceptors (Lipinski definition) is 3. The first-order valence-electron chi connectivity index (χ1n) is 8.08. The highest BCUT2D eigenvalue weighted by atomic mass is 32.2. The van der Waals surface area contributed by atoms with Crippen molar-refractivity contribution in [2.24, 2.45) is 0 Å². The van der Waals surface area contributed by atoms with E-state index in [4.69, 9.17) is 0 Å². The highest BCUT2D eigenvalue weighted by Gasteiger charge is 2.44. The summed E-state index contributed by atoms with van der Waals surface area (Å²) in [6.45, 7) is 3.50. The van der Waals surface area contributed by atoms with Crippen molar-refractivity contribution in [2.45, 2.75) is 16.3 Å². The Morgan fingerprint density at radius 2 is 1.63 bits per heavy atom. The molecule has 0 spiro atoms. The van der Waals surface area contributed by atoms with E-state index in [1.54, 1.807) is 24.3 Å². The first-order valence-corrected chi connectivity index (χ1v) is 9.29.